The van der Waals surface area contributed by atoms with E-state index in [9.17, 15) is 4.79 Å². The van der Waals surface area contributed by atoms with Crippen LogP contribution in [0.1, 0.15) is 45.1 Å². The lowest BCUT2D eigenvalue weighted by Gasteiger charge is -2.21. The Morgan fingerprint density at radius 2 is 2.00 bits per heavy atom. The van der Waals surface area contributed by atoms with E-state index in [1.807, 2.05) is 43.3 Å². The monoisotopic (exact) mass is 451 g/mol. The summed E-state index contributed by atoms with van der Waals surface area (Å²) in [5.41, 5.74) is 3.09. The number of amides is 1. The maximum absolute atomic E-state index is 12.7. The summed E-state index contributed by atoms with van der Waals surface area (Å²) in [6.45, 7) is 4.12. The molecule has 0 unspecified atom stereocenters. The van der Waals surface area contributed by atoms with Crippen LogP contribution >= 0.6 is 22.9 Å². The van der Waals surface area contributed by atoms with E-state index in [0.29, 0.717) is 5.02 Å². The van der Waals surface area contributed by atoms with E-state index in [0.717, 1.165) is 33.9 Å². The van der Waals surface area contributed by atoms with Crippen LogP contribution in [0.2, 0.25) is 5.02 Å². The van der Waals surface area contributed by atoms with Gasteiger partial charge in [-0.2, -0.15) is 0 Å². The number of carbonyl (C=O) groups excluding carboxylic acids is 1. The Morgan fingerprint density at radius 3 is 2.68 bits per heavy atom. The molecule has 0 bridgehead atoms. The van der Waals surface area contributed by atoms with Crippen molar-refractivity contribution in [3.05, 3.63) is 99.4 Å². The smallest absolute Gasteiger partial charge is 0.291 e. The van der Waals surface area contributed by atoms with Crippen LogP contribution in [0.4, 0.5) is 10.8 Å². The lowest BCUT2D eigenvalue weighted by molar-refractivity contribution is 0.0997. The number of carbonyl (C=O) groups is 1. The number of halogens is 1. The van der Waals surface area contributed by atoms with Gasteiger partial charge in [0.15, 0.2) is 5.76 Å². The molecular weight excluding hydrogens is 430 g/mol. The number of hydrogen-bond donors (Lipinski definition) is 2. The first-order valence-corrected chi connectivity index (χ1v) is 11.1. The molecule has 0 saturated carbocycles. The second-order valence-corrected chi connectivity index (χ2v) is 8.70. The molecule has 1 aromatic carbocycles. The zero-order valence-corrected chi connectivity index (χ0v) is 18.8. The third-order valence-corrected chi connectivity index (χ3v) is 6.32. The van der Waals surface area contributed by atoms with Gasteiger partial charge < -0.3 is 15.1 Å². The summed E-state index contributed by atoms with van der Waals surface area (Å²) in [7, 11) is 0. The van der Waals surface area contributed by atoms with Crippen LogP contribution in [0.15, 0.2) is 71.5 Å². The predicted molar refractivity (Wildman–Crippen MR) is 126 cm³/mol. The molecule has 3 aromatic heterocycles. The number of benzene rings is 1. The molecule has 4 aromatic rings. The third-order valence-electron chi connectivity index (χ3n) is 4.85. The van der Waals surface area contributed by atoms with E-state index < -0.39 is 0 Å². The van der Waals surface area contributed by atoms with E-state index in [1.54, 1.807) is 29.7 Å². The largest absolute Gasteiger partial charge is 0.459 e. The highest BCUT2D eigenvalue weighted by Gasteiger charge is 2.23. The first-order valence-electron chi connectivity index (χ1n) is 9.95. The number of furan rings is 1. The van der Waals surface area contributed by atoms with Crippen LogP contribution in [-0.4, -0.2) is 10.9 Å². The number of pyridine rings is 1. The number of nitrogens with one attached hydrogen (secondary N) is 2. The van der Waals surface area contributed by atoms with Crippen LogP contribution in [-0.2, 0) is 6.42 Å². The van der Waals surface area contributed by atoms with E-state index in [-0.39, 0.29) is 17.7 Å². The van der Waals surface area contributed by atoms with E-state index in [2.05, 4.69) is 28.6 Å². The first kappa shape index (κ1) is 21.2. The topological polar surface area (TPSA) is 67.2 Å². The highest BCUT2D eigenvalue weighted by molar-refractivity contribution is 7.16. The molecule has 5 nitrogen and oxygen atoms in total. The van der Waals surface area contributed by atoms with Gasteiger partial charge in [0.05, 0.1) is 12.3 Å². The molecule has 31 heavy (non-hydrogen) atoms. The Labute approximate surface area is 190 Å². The average Bonchev–Trinajstić information content (AvgIpc) is 3.43. The van der Waals surface area contributed by atoms with Crippen molar-refractivity contribution >= 4 is 39.7 Å². The molecule has 0 saturated heterocycles. The number of anilines is 2. The lowest BCUT2D eigenvalue weighted by atomic mass is 9.99. The van der Waals surface area contributed by atoms with Crippen molar-refractivity contribution in [1.29, 1.82) is 0 Å². The summed E-state index contributed by atoms with van der Waals surface area (Å²) in [6.07, 6.45) is 4.13. The summed E-state index contributed by atoms with van der Waals surface area (Å²) in [4.78, 5) is 18.3. The van der Waals surface area contributed by atoms with Gasteiger partial charge in [0.1, 0.15) is 10.8 Å². The second-order valence-electron chi connectivity index (χ2n) is 7.13. The van der Waals surface area contributed by atoms with Crippen molar-refractivity contribution in [3.8, 4) is 0 Å². The first-order chi connectivity index (χ1) is 15.0. The summed E-state index contributed by atoms with van der Waals surface area (Å²) in [6, 6.07) is 16.9. The zero-order chi connectivity index (χ0) is 21.8. The van der Waals surface area contributed by atoms with E-state index in [1.165, 1.54) is 11.1 Å². The standard InChI is InChI=1S/C24H22ClN3O2S/c1-3-18-14-19(24(31-18)28-23(29)20-5-4-12-30-20)22(16-6-8-17(25)9-7-16)27-21-13-15(2)10-11-26-21/h4-14,22H,3H2,1-2H3,(H,26,27)(H,28,29)/t22-/m0/s1. The van der Waals surface area contributed by atoms with Gasteiger partial charge in [0.2, 0.25) is 0 Å². The molecule has 7 heteroatoms. The Kier molecular flexibility index (Phi) is 6.39. The normalized spacial score (nSPS) is 11.8. The number of hydrogen-bond acceptors (Lipinski definition) is 5. The van der Waals surface area contributed by atoms with Gasteiger partial charge in [0, 0.05) is 21.7 Å². The van der Waals surface area contributed by atoms with Crippen LogP contribution in [0.5, 0.6) is 0 Å². The van der Waals surface area contributed by atoms with Crippen molar-refractivity contribution in [2.24, 2.45) is 0 Å². The summed E-state index contributed by atoms with van der Waals surface area (Å²) in [5.74, 6) is 0.751. The molecular formula is C24H22ClN3O2S. The molecule has 0 fully saturated rings. The molecule has 0 aliphatic rings. The fraction of sp³-hybridized carbons (Fsp3) is 0.167. The van der Waals surface area contributed by atoms with Gasteiger partial charge >= 0.3 is 0 Å². The van der Waals surface area contributed by atoms with Crippen molar-refractivity contribution in [2.45, 2.75) is 26.3 Å². The van der Waals surface area contributed by atoms with Crippen molar-refractivity contribution in [2.75, 3.05) is 10.6 Å². The molecule has 1 atom stereocenters. The van der Waals surface area contributed by atoms with Gasteiger partial charge in [0.25, 0.3) is 5.91 Å². The highest BCUT2D eigenvalue weighted by Crippen LogP contribution is 2.38. The molecule has 0 aliphatic heterocycles. The molecule has 1 amide bonds. The van der Waals surface area contributed by atoms with Crippen LogP contribution in [0, 0.1) is 6.92 Å². The fourth-order valence-electron chi connectivity index (χ4n) is 3.28. The fourth-order valence-corrected chi connectivity index (χ4v) is 4.43. The molecule has 0 spiro atoms. The Balaban J connectivity index is 1.75. The SMILES string of the molecule is CCc1cc([C@@H](Nc2cc(C)ccn2)c2ccc(Cl)cc2)c(NC(=O)c2ccco2)s1. The second kappa shape index (κ2) is 9.37. The number of rotatable bonds is 7. The van der Waals surface area contributed by atoms with Crippen molar-refractivity contribution in [3.63, 3.8) is 0 Å². The number of nitrogens with zero attached hydrogens (tertiary/aromatic N) is 1. The van der Waals surface area contributed by atoms with Gasteiger partial charge in [-0.05, 0) is 66.9 Å². The quantitative estimate of drug-likeness (QED) is 0.327. The predicted octanol–water partition coefficient (Wildman–Crippen LogP) is 6.71. The zero-order valence-electron chi connectivity index (χ0n) is 17.2. The van der Waals surface area contributed by atoms with Gasteiger partial charge in [-0.1, -0.05) is 30.7 Å². The van der Waals surface area contributed by atoms with Crippen LogP contribution in [0.25, 0.3) is 0 Å². The minimum Gasteiger partial charge on any atom is -0.459 e. The number of aromatic nitrogens is 1. The maximum atomic E-state index is 12.7. The third kappa shape index (κ3) is 4.98. The molecule has 0 radical (unpaired) electrons. The molecule has 3 heterocycles. The van der Waals surface area contributed by atoms with Gasteiger partial charge in [-0.3, -0.25) is 4.79 Å². The summed E-state index contributed by atoms with van der Waals surface area (Å²) >= 11 is 7.69. The van der Waals surface area contributed by atoms with Crippen molar-refractivity contribution < 1.29 is 9.21 Å². The lowest BCUT2D eigenvalue weighted by Crippen LogP contribution is -2.17. The van der Waals surface area contributed by atoms with Gasteiger partial charge in [-0.25, -0.2) is 4.98 Å². The number of thiophene rings is 1. The molecule has 2 N–H and O–H groups in total. The summed E-state index contributed by atoms with van der Waals surface area (Å²) in [5, 5.41) is 8.01. The minimum absolute atomic E-state index is 0.227. The highest BCUT2D eigenvalue weighted by atomic mass is 35.5. The van der Waals surface area contributed by atoms with Crippen molar-refractivity contribution in [1.82, 2.24) is 4.98 Å². The molecule has 158 valence electrons. The summed E-state index contributed by atoms with van der Waals surface area (Å²) < 4.78 is 5.26. The van der Waals surface area contributed by atoms with E-state index >= 15 is 0 Å². The van der Waals surface area contributed by atoms with E-state index in [4.69, 9.17) is 16.0 Å². The number of aryl methyl sites for hydroxylation is 2. The molecule has 4 rings (SSSR count). The minimum atomic E-state index is -0.278. The van der Waals surface area contributed by atoms with Crippen LogP contribution in [0.3, 0.4) is 0 Å². The molecule has 0 aliphatic carbocycles. The van der Waals surface area contributed by atoms with Gasteiger partial charge in [-0.15, -0.1) is 11.3 Å². The Bertz CT molecular complexity index is 1170. The van der Waals surface area contributed by atoms with Crippen LogP contribution < -0.4 is 10.6 Å². The average molecular weight is 452 g/mol. The maximum Gasteiger partial charge on any atom is 0.291 e. The Hall–Kier alpha value is -3.09. The Morgan fingerprint density at radius 1 is 1.19 bits per heavy atom.